The van der Waals surface area contributed by atoms with E-state index in [1.807, 2.05) is 45.0 Å². The molecule has 27 heavy (non-hydrogen) atoms. The van der Waals surface area contributed by atoms with Crippen LogP contribution in [0.2, 0.25) is 0 Å². The van der Waals surface area contributed by atoms with E-state index in [2.05, 4.69) is 43.3 Å². The number of rotatable bonds is 4. The zero-order valence-electron chi connectivity index (χ0n) is 16.6. The predicted octanol–water partition coefficient (Wildman–Crippen LogP) is 6.03. The Hall–Kier alpha value is -2.81. The molecule has 1 heterocycles. The summed E-state index contributed by atoms with van der Waals surface area (Å²) >= 11 is 0. The van der Waals surface area contributed by atoms with Gasteiger partial charge >= 0.3 is 5.97 Å². The molecule has 0 aliphatic rings. The van der Waals surface area contributed by atoms with Crippen LogP contribution in [0.1, 0.15) is 65.3 Å². The molecule has 3 heteroatoms. The first kappa shape index (κ1) is 19.0. The Balaban J connectivity index is 2.05. The zero-order valence-corrected chi connectivity index (χ0v) is 16.6. The molecule has 0 saturated carbocycles. The average Bonchev–Trinajstić information content (AvgIpc) is 2.98. The Morgan fingerprint density at radius 1 is 0.926 bits per heavy atom. The molecule has 0 bridgehead atoms. The third-order valence-electron chi connectivity index (χ3n) is 4.38. The van der Waals surface area contributed by atoms with Gasteiger partial charge in [-0.2, -0.15) is 0 Å². The van der Waals surface area contributed by atoms with Gasteiger partial charge in [0.15, 0.2) is 0 Å². The highest BCUT2D eigenvalue weighted by Gasteiger charge is 2.26. The number of benzene rings is 2. The van der Waals surface area contributed by atoms with Gasteiger partial charge in [0.25, 0.3) is 0 Å². The summed E-state index contributed by atoms with van der Waals surface area (Å²) in [7, 11) is 0. The van der Waals surface area contributed by atoms with Gasteiger partial charge in [0.2, 0.25) is 0 Å². The van der Waals surface area contributed by atoms with Crippen molar-refractivity contribution in [2.45, 2.75) is 46.1 Å². The Kier molecular flexibility index (Phi) is 5.22. The minimum atomic E-state index is -0.545. The monoisotopic (exact) mass is 362 g/mol. The van der Waals surface area contributed by atoms with Crippen molar-refractivity contribution in [2.24, 2.45) is 0 Å². The highest BCUT2D eigenvalue weighted by molar-refractivity contribution is 5.91. The molecule has 0 radical (unpaired) electrons. The van der Waals surface area contributed by atoms with Crippen molar-refractivity contribution in [3.8, 4) is 0 Å². The minimum absolute atomic E-state index is 0.0818. The normalized spacial score (nSPS) is 12.6. The fourth-order valence-corrected chi connectivity index (χ4v) is 3.11. The standard InChI is InChI=1S/C24H26O3/c1-16-11-13-19(14-12-16)22(18-9-7-6-8-10-18)21-15-20(17(2)26-21)23(25)27-24(3,4)5/h6-15,22H,1-5H3. The van der Waals surface area contributed by atoms with Crippen LogP contribution in [-0.4, -0.2) is 11.6 Å². The van der Waals surface area contributed by atoms with Crippen LogP contribution >= 0.6 is 0 Å². The van der Waals surface area contributed by atoms with Gasteiger partial charge in [0.05, 0.1) is 5.92 Å². The Morgan fingerprint density at radius 2 is 1.52 bits per heavy atom. The average molecular weight is 362 g/mol. The molecule has 3 aromatic rings. The molecule has 0 aliphatic carbocycles. The summed E-state index contributed by atoms with van der Waals surface area (Å²) in [4.78, 5) is 12.6. The highest BCUT2D eigenvalue weighted by Crippen LogP contribution is 2.34. The number of aryl methyl sites for hydroxylation is 2. The SMILES string of the molecule is Cc1ccc(C(c2ccccc2)c2cc(C(=O)OC(C)(C)C)c(C)o2)cc1. The van der Waals surface area contributed by atoms with Gasteiger partial charge in [-0.25, -0.2) is 4.79 Å². The molecule has 3 rings (SSSR count). The lowest BCUT2D eigenvalue weighted by atomic mass is 9.88. The quantitative estimate of drug-likeness (QED) is 0.532. The molecule has 0 amide bonds. The molecule has 1 aromatic heterocycles. The van der Waals surface area contributed by atoms with Crippen molar-refractivity contribution in [1.82, 2.24) is 0 Å². The van der Waals surface area contributed by atoms with Gasteiger partial charge in [0, 0.05) is 0 Å². The second-order valence-corrected chi connectivity index (χ2v) is 7.87. The van der Waals surface area contributed by atoms with Crippen molar-refractivity contribution in [1.29, 1.82) is 0 Å². The number of ether oxygens (including phenoxy) is 1. The van der Waals surface area contributed by atoms with Crippen LogP contribution in [0.25, 0.3) is 0 Å². The highest BCUT2D eigenvalue weighted by atomic mass is 16.6. The van der Waals surface area contributed by atoms with Crippen LogP contribution in [0, 0.1) is 13.8 Å². The van der Waals surface area contributed by atoms with Gasteiger partial charge < -0.3 is 9.15 Å². The molecule has 0 saturated heterocycles. The van der Waals surface area contributed by atoms with Gasteiger partial charge in [0.1, 0.15) is 22.7 Å². The lowest BCUT2D eigenvalue weighted by Crippen LogP contribution is -2.24. The van der Waals surface area contributed by atoms with Gasteiger partial charge in [-0.05, 0) is 51.8 Å². The van der Waals surface area contributed by atoms with E-state index in [4.69, 9.17) is 9.15 Å². The predicted molar refractivity (Wildman–Crippen MR) is 107 cm³/mol. The summed E-state index contributed by atoms with van der Waals surface area (Å²) in [5, 5.41) is 0. The summed E-state index contributed by atoms with van der Waals surface area (Å²) in [6, 6.07) is 20.4. The Morgan fingerprint density at radius 3 is 2.11 bits per heavy atom. The van der Waals surface area contributed by atoms with Crippen molar-refractivity contribution in [2.75, 3.05) is 0 Å². The maximum Gasteiger partial charge on any atom is 0.342 e. The molecule has 1 unspecified atom stereocenters. The summed E-state index contributed by atoms with van der Waals surface area (Å²) in [5.41, 5.74) is 3.38. The molecular formula is C24H26O3. The summed E-state index contributed by atoms with van der Waals surface area (Å²) in [5.74, 6) is 0.878. The summed E-state index contributed by atoms with van der Waals surface area (Å²) in [6.07, 6.45) is 0. The molecule has 2 aromatic carbocycles. The van der Waals surface area contributed by atoms with E-state index >= 15 is 0 Å². The van der Waals surface area contributed by atoms with Gasteiger partial charge in [-0.15, -0.1) is 0 Å². The second-order valence-electron chi connectivity index (χ2n) is 7.87. The third kappa shape index (κ3) is 4.48. The Bertz CT molecular complexity index is 913. The van der Waals surface area contributed by atoms with Crippen molar-refractivity contribution in [3.05, 3.63) is 94.4 Å². The zero-order chi connectivity index (χ0) is 19.6. The largest absolute Gasteiger partial charge is 0.464 e. The van der Waals surface area contributed by atoms with E-state index in [1.165, 1.54) is 5.56 Å². The van der Waals surface area contributed by atoms with Crippen molar-refractivity contribution in [3.63, 3.8) is 0 Å². The number of carbonyl (C=O) groups is 1. The number of hydrogen-bond acceptors (Lipinski definition) is 3. The molecule has 0 fully saturated rings. The van der Waals surface area contributed by atoms with E-state index in [9.17, 15) is 4.79 Å². The summed E-state index contributed by atoms with van der Waals surface area (Å²) < 4.78 is 11.6. The van der Waals surface area contributed by atoms with E-state index in [-0.39, 0.29) is 11.9 Å². The van der Waals surface area contributed by atoms with Crippen LogP contribution in [0.3, 0.4) is 0 Å². The van der Waals surface area contributed by atoms with Gasteiger partial charge in [-0.3, -0.25) is 0 Å². The first-order valence-electron chi connectivity index (χ1n) is 9.20. The fourth-order valence-electron chi connectivity index (χ4n) is 3.11. The molecular weight excluding hydrogens is 336 g/mol. The van der Waals surface area contributed by atoms with E-state index in [0.717, 1.165) is 16.9 Å². The fraction of sp³-hybridized carbons (Fsp3) is 0.292. The molecule has 0 N–H and O–H groups in total. The van der Waals surface area contributed by atoms with Gasteiger partial charge in [-0.1, -0.05) is 60.2 Å². The second kappa shape index (κ2) is 7.43. The lowest BCUT2D eigenvalue weighted by Gasteiger charge is -2.19. The number of carbonyl (C=O) groups excluding carboxylic acids is 1. The summed E-state index contributed by atoms with van der Waals surface area (Å²) in [6.45, 7) is 9.46. The van der Waals surface area contributed by atoms with E-state index in [1.54, 1.807) is 6.92 Å². The molecule has 140 valence electrons. The van der Waals surface area contributed by atoms with Crippen molar-refractivity contribution >= 4 is 5.97 Å². The molecule has 0 spiro atoms. The minimum Gasteiger partial charge on any atom is -0.464 e. The molecule has 0 aliphatic heterocycles. The van der Waals surface area contributed by atoms with E-state index < -0.39 is 5.60 Å². The maximum atomic E-state index is 12.6. The topological polar surface area (TPSA) is 39.4 Å². The van der Waals surface area contributed by atoms with Crippen LogP contribution in [0.5, 0.6) is 0 Å². The smallest absolute Gasteiger partial charge is 0.342 e. The van der Waals surface area contributed by atoms with Crippen LogP contribution in [0.4, 0.5) is 0 Å². The number of furan rings is 1. The van der Waals surface area contributed by atoms with Crippen LogP contribution < -0.4 is 0 Å². The lowest BCUT2D eigenvalue weighted by molar-refractivity contribution is 0.00678. The third-order valence-corrected chi connectivity index (χ3v) is 4.38. The van der Waals surface area contributed by atoms with E-state index in [0.29, 0.717) is 11.3 Å². The van der Waals surface area contributed by atoms with Crippen molar-refractivity contribution < 1.29 is 13.9 Å². The maximum absolute atomic E-state index is 12.6. The van der Waals surface area contributed by atoms with Crippen LogP contribution in [0.15, 0.2) is 65.1 Å². The van der Waals surface area contributed by atoms with Crippen LogP contribution in [-0.2, 0) is 4.74 Å². The molecule has 3 nitrogen and oxygen atoms in total. The first-order chi connectivity index (χ1) is 12.7. The molecule has 1 atom stereocenters. The number of esters is 1. The Labute approximate surface area is 161 Å². The first-order valence-corrected chi connectivity index (χ1v) is 9.20. The number of hydrogen-bond donors (Lipinski definition) is 0.